The van der Waals surface area contributed by atoms with E-state index >= 15 is 0 Å². The maximum Gasteiger partial charge on any atom is 0.167 e. The molecule has 136 valence electrons. The quantitative estimate of drug-likeness (QED) is 0.764. The van der Waals surface area contributed by atoms with Gasteiger partial charge in [-0.25, -0.2) is 0 Å². The van der Waals surface area contributed by atoms with E-state index in [0.29, 0.717) is 24.7 Å². The van der Waals surface area contributed by atoms with Crippen LogP contribution in [0.1, 0.15) is 76.2 Å². The van der Waals surface area contributed by atoms with Crippen molar-refractivity contribution in [2.75, 3.05) is 0 Å². The van der Waals surface area contributed by atoms with Gasteiger partial charge in [0.1, 0.15) is 6.10 Å². The van der Waals surface area contributed by atoms with E-state index in [9.17, 15) is 14.7 Å². The van der Waals surface area contributed by atoms with Crippen molar-refractivity contribution in [3.63, 3.8) is 0 Å². The fraction of sp³-hybridized carbons (Fsp3) is 0.727. The van der Waals surface area contributed by atoms with E-state index < -0.39 is 24.2 Å². The molecule has 0 aromatic carbocycles. The van der Waals surface area contributed by atoms with Gasteiger partial charge in [-0.15, -0.1) is 0 Å². The van der Waals surface area contributed by atoms with Crippen LogP contribution in [0.2, 0.25) is 0 Å². The molecule has 0 heterocycles. The highest BCUT2D eigenvalue weighted by molar-refractivity contribution is 5.93. The smallest absolute Gasteiger partial charge is 0.167 e. The van der Waals surface area contributed by atoms with Crippen molar-refractivity contribution in [3.8, 4) is 0 Å². The van der Waals surface area contributed by atoms with Gasteiger partial charge in [-0.1, -0.05) is 19.4 Å². The second-order valence-electron chi connectivity index (χ2n) is 8.95. The first-order chi connectivity index (χ1) is 13.0. The van der Waals surface area contributed by atoms with Crippen molar-refractivity contribution in [2.24, 2.45) is 22.7 Å². The van der Waals surface area contributed by atoms with E-state index in [-0.39, 0.29) is 11.2 Å². The number of ketones is 2. The summed E-state index contributed by atoms with van der Waals surface area (Å²) >= 11 is 0. The lowest BCUT2D eigenvalue weighted by Gasteiger charge is -2.52. The number of allylic oxidation sites excluding steroid dienone is 4. The molecule has 0 radical (unpaired) electrons. The standard InChI is InChI=1S/C22H30O3/c1-13(23)20(25)22(3)11-9-19-18-6-4-14-12-15(24)5-7-16(14)17(18)8-10-21(19,22)2/h12-13,18-19,23H,4-11H2,1-3H3/t13-,18+,19-,21-,22+/m0/s1/i1+1D3. The molecular formula is C22H30O3. The number of fused-ring (bicyclic) bond motifs is 4. The molecule has 4 aliphatic rings. The number of hydrogen-bond donors (Lipinski definition) is 1. The fourth-order valence-corrected chi connectivity index (χ4v) is 6.51. The minimum absolute atomic E-state index is 0.233. The molecule has 0 unspecified atom stereocenters. The van der Waals surface area contributed by atoms with Gasteiger partial charge < -0.3 is 5.11 Å². The van der Waals surface area contributed by atoms with Crippen LogP contribution in [0.5, 0.6) is 0 Å². The molecule has 25 heavy (non-hydrogen) atoms. The average molecular weight is 346 g/mol. The molecule has 2 fully saturated rings. The SMILES string of the molecule is [2H][13C]([2H])([2H])[C@H](O)C(=O)[C@@]1(C)CC[C@H]2[C@@H]3CCC4=CC(=O)CCC4=C3CC[C@@]21C. The van der Waals surface area contributed by atoms with Crippen molar-refractivity contribution in [2.45, 2.75) is 78.2 Å². The molecule has 3 heteroatoms. The predicted molar refractivity (Wildman–Crippen MR) is 96.9 cm³/mol. The third-order valence-electron chi connectivity index (χ3n) is 8.13. The number of Topliss-reactive ketones (excluding diaryl/α,β-unsaturated/α-hetero) is 1. The summed E-state index contributed by atoms with van der Waals surface area (Å²) in [5, 5.41) is 10.2. The van der Waals surface area contributed by atoms with Gasteiger partial charge in [0.25, 0.3) is 0 Å². The third kappa shape index (κ3) is 2.27. The van der Waals surface area contributed by atoms with Gasteiger partial charge in [0.15, 0.2) is 11.6 Å². The van der Waals surface area contributed by atoms with Crippen LogP contribution in [0.4, 0.5) is 0 Å². The summed E-state index contributed by atoms with van der Waals surface area (Å²) < 4.78 is 22.5. The van der Waals surface area contributed by atoms with E-state index in [1.165, 1.54) is 16.7 Å². The molecule has 0 spiro atoms. The molecule has 0 aromatic rings. The second-order valence-corrected chi connectivity index (χ2v) is 8.95. The summed E-state index contributed by atoms with van der Waals surface area (Å²) in [6, 6.07) is 0. The van der Waals surface area contributed by atoms with Gasteiger partial charge in [-0.05, 0) is 86.3 Å². The highest BCUT2D eigenvalue weighted by Crippen LogP contribution is 2.67. The first-order valence-electron chi connectivity index (χ1n) is 11.2. The molecule has 5 atom stereocenters. The largest absolute Gasteiger partial charge is 0.386 e. The lowest BCUT2D eigenvalue weighted by atomic mass is 9.51. The first-order valence-corrected chi connectivity index (χ1v) is 9.67. The van der Waals surface area contributed by atoms with Gasteiger partial charge in [0.2, 0.25) is 0 Å². The van der Waals surface area contributed by atoms with Crippen molar-refractivity contribution in [3.05, 3.63) is 22.8 Å². The first kappa shape index (κ1) is 13.9. The Morgan fingerprint density at radius 2 is 2.04 bits per heavy atom. The van der Waals surface area contributed by atoms with E-state index in [1.807, 2.05) is 13.0 Å². The zero-order valence-corrected chi connectivity index (χ0v) is 15.2. The van der Waals surface area contributed by atoms with Crippen molar-refractivity contribution < 1.29 is 18.8 Å². The third-order valence-corrected chi connectivity index (χ3v) is 8.13. The van der Waals surface area contributed by atoms with Crippen LogP contribution < -0.4 is 0 Å². The second kappa shape index (κ2) is 5.64. The van der Waals surface area contributed by atoms with Crippen LogP contribution in [-0.2, 0) is 9.59 Å². The Morgan fingerprint density at radius 3 is 2.80 bits per heavy atom. The molecule has 3 nitrogen and oxygen atoms in total. The molecular weight excluding hydrogens is 313 g/mol. The van der Waals surface area contributed by atoms with Crippen LogP contribution in [0.25, 0.3) is 0 Å². The molecule has 4 rings (SSSR count). The minimum Gasteiger partial charge on any atom is -0.386 e. The Morgan fingerprint density at radius 1 is 1.24 bits per heavy atom. The molecule has 0 amide bonds. The highest BCUT2D eigenvalue weighted by Gasteiger charge is 2.62. The van der Waals surface area contributed by atoms with Gasteiger partial charge in [0.05, 0.1) is 0 Å². The van der Waals surface area contributed by atoms with Crippen molar-refractivity contribution in [1.82, 2.24) is 0 Å². The summed E-state index contributed by atoms with van der Waals surface area (Å²) in [4.78, 5) is 24.9. The van der Waals surface area contributed by atoms with Crippen molar-refractivity contribution in [1.29, 1.82) is 0 Å². The normalized spacial score (nSPS) is 43.9. The number of carbonyl (C=O) groups is 2. The molecule has 0 saturated heterocycles. The molecule has 1 N–H and O–H groups in total. The summed E-state index contributed by atoms with van der Waals surface area (Å²) in [5.41, 5.74) is 3.00. The zero-order valence-electron chi connectivity index (χ0n) is 18.2. The van der Waals surface area contributed by atoms with Crippen LogP contribution in [0.3, 0.4) is 0 Å². The molecule has 4 aliphatic carbocycles. The van der Waals surface area contributed by atoms with Crippen LogP contribution >= 0.6 is 0 Å². The van der Waals surface area contributed by atoms with Gasteiger partial charge in [-0.3, -0.25) is 9.59 Å². The molecule has 0 bridgehead atoms. The Balaban J connectivity index is 1.68. The summed E-state index contributed by atoms with van der Waals surface area (Å²) in [6.07, 6.45) is 6.57. The number of rotatable bonds is 2. The maximum atomic E-state index is 13.1. The molecule has 2 saturated carbocycles. The fourth-order valence-electron chi connectivity index (χ4n) is 6.51. The Kier molecular flexibility index (Phi) is 3.14. The lowest BCUT2D eigenvalue weighted by Crippen LogP contribution is -2.50. The Bertz CT molecular complexity index is 793. The van der Waals surface area contributed by atoms with Gasteiger partial charge >= 0.3 is 0 Å². The van der Waals surface area contributed by atoms with E-state index in [4.69, 9.17) is 4.11 Å². The predicted octanol–water partition coefficient (Wildman–Crippen LogP) is 4.15. The minimum atomic E-state index is -2.67. The Hall–Kier alpha value is -1.22. The zero-order chi connectivity index (χ0) is 20.5. The summed E-state index contributed by atoms with van der Waals surface area (Å²) in [7, 11) is 0. The van der Waals surface area contributed by atoms with Crippen LogP contribution in [-0.4, -0.2) is 22.8 Å². The van der Waals surface area contributed by atoms with E-state index in [1.54, 1.807) is 0 Å². The lowest BCUT2D eigenvalue weighted by molar-refractivity contribution is -0.144. The van der Waals surface area contributed by atoms with E-state index in [0.717, 1.165) is 38.5 Å². The summed E-state index contributed by atoms with van der Waals surface area (Å²) in [6.45, 7) is 1.36. The molecule has 0 aliphatic heterocycles. The topological polar surface area (TPSA) is 54.4 Å². The summed E-state index contributed by atoms with van der Waals surface area (Å²) in [5.74, 6) is 0.476. The Labute approximate surface area is 154 Å². The number of aliphatic hydroxyl groups is 1. The van der Waals surface area contributed by atoms with Gasteiger partial charge in [-0.2, -0.15) is 0 Å². The van der Waals surface area contributed by atoms with E-state index in [2.05, 4.69) is 6.92 Å². The van der Waals surface area contributed by atoms with Crippen LogP contribution in [0, 0.1) is 22.7 Å². The number of carbonyl (C=O) groups excluding carboxylic acids is 2. The van der Waals surface area contributed by atoms with Gasteiger partial charge in [0, 0.05) is 15.9 Å². The number of hydrogen-bond acceptors (Lipinski definition) is 3. The molecule has 0 aromatic heterocycles. The average Bonchev–Trinajstić information content (AvgIpc) is 2.91. The number of aliphatic hydroxyl groups excluding tert-OH is 1. The maximum absolute atomic E-state index is 13.1. The van der Waals surface area contributed by atoms with Crippen LogP contribution in [0.15, 0.2) is 22.8 Å². The monoisotopic (exact) mass is 346 g/mol. The highest BCUT2D eigenvalue weighted by atomic mass is 16.3. The van der Waals surface area contributed by atoms with Crippen molar-refractivity contribution >= 4 is 11.6 Å².